The van der Waals surface area contributed by atoms with Gasteiger partial charge in [-0.1, -0.05) is 113 Å². The molecule has 3 rings (SSSR count). The van der Waals surface area contributed by atoms with Crippen LogP contribution in [0.4, 0.5) is 4.39 Å². The van der Waals surface area contributed by atoms with Gasteiger partial charge in [-0.15, -0.1) is 22.1 Å². The first-order valence-electron chi connectivity index (χ1n) is 17.6. The van der Waals surface area contributed by atoms with E-state index in [2.05, 4.69) is 53.6 Å². The molecule has 51 heavy (non-hydrogen) atoms. The average Bonchev–Trinajstić information content (AvgIpc) is 3.43. The Morgan fingerprint density at radius 2 is 1.61 bits per heavy atom. The highest BCUT2D eigenvalue weighted by Gasteiger charge is 2.26. The zero-order valence-corrected chi connectivity index (χ0v) is 33.9. The molecule has 8 heteroatoms. The number of halogens is 1. The first-order chi connectivity index (χ1) is 24.5. The second-order valence-electron chi connectivity index (χ2n) is 10.1. The summed E-state index contributed by atoms with van der Waals surface area (Å²) in [6, 6.07) is 7.40. The van der Waals surface area contributed by atoms with Crippen LogP contribution >= 0.6 is 9.24 Å². The van der Waals surface area contributed by atoms with Gasteiger partial charge in [0.1, 0.15) is 11.6 Å². The van der Waals surface area contributed by atoms with Gasteiger partial charge in [-0.3, -0.25) is 9.59 Å². The summed E-state index contributed by atoms with van der Waals surface area (Å²) >= 11 is 0. The predicted octanol–water partition coefficient (Wildman–Crippen LogP) is 11.8. The largest absolute Gasteiger partial charge is 0.466 e. The smallest absolute Gasteiger partial charge is 0.339 e. The highest BCUT2D eigenvalue weighted by molar-refractivity contribution is 7.22. The van der Waals surface area contributed by atoms with Crippen LogP contribution in [-0.4, -0.2) is 24.5 Å². The van der Waals surface area contributed by atoms with Gasteiger partial charge in [0, 0.05) is 18.9 Å². The molecule has 6 nitrogen and oxygen atoms in total. The number of nitrogens with one attached hydrogen (secondary N) is 1. The summed E-state index contributed by atoms with van der Waals surface area (Å²) in [4.78, 5) is 33.5. The number of ether oxygens (including phenoxy) is 2. The van der Waals surface area contributed by atoms with Crippen LogP contribution in [0.3, 0.4) is 0 Å². The topological polar surface area (TPSA) is 81.7 Å². The van der Waals surface area contributed by atoms with Crippen LogP contribution in [-0.2, 0) is 19.1 Å². The normalized spacial score (nSPS) is 13.8. The van der Waals surface area contributed by atoms with Gasteiger partial charge in [0.05, 0.1) is 19.1 Å². The Hall–Kier alpha value is -4.27. The second kappa shape index (κ2) is 38.5. The minimum atomic E-state index is -0.453. The summed E-state index contributed by atoms with van der Waals surface area (Å²) < 4.78 is 22.4. The third-order valence-electron chi connectivity index (χ3n) is 6.33. The van der Waals surface area contributed by atoms with Crippen molar-refractivity contribution in [2.45, 2.75) is 113 Å². The SMILES string of the molecule is C#C.C/C=C\C.C=C(F)/C=C\C/C(=C\C)CCOC(C)=O.C=C(P)CC.CC.CC.O=C1C[C@@H](c2ccc(OC(=O)C3=CC=CCCC3)cc2)N1. The number of carbonyl (C=O) groups excluding carboxylic acids is 3. The Labute approximate surface area is 312 Å². The third-order valence-corrected chi connectivity index (χ3v) is 6.74. The van der Waals surface area contributed by atoms with Gasteiger partial charge < -0.3 is 14.8 Å². The van der Waals surface area contributed by atoms with Gasteiger partial charge in [-0.2, -0.15) is 0 Å². The summed E-state index contributed by atoms with van der Waals surface area (Å²) in [5.74, 6) is -0.415. The minimum absolute atomic E-state index is 0.0730. The molecule has 0 spiro atoms. The van der Waals surface area contributed by atoms with E-state index in [1.807, 2.05) is 91.0 Å². The van der Waals surface area contributed by atoms with Gasteiger partial charge in [0.15, 0.2) is 0 Å². The van der Waals surface area contributed by atoms with Crippen LogP contribution in [0.25, 0.3) is 0 Å². The molecule has 1 N–H and O–H groups in total. The van der Waals surface area contributed by atoms with Crippen molar-refractivity contribution in [1.82, 2.24) is 5.32 Å². The fourth-order valence-electron chi connectivity index (χ4n) is 3.47. The van der Waals surface area contributed by atoms with E-state index in [9.17, 15) is 18.8 Å². The Kier molecular flexibility index (Phi) is 40.4. The van der Waals surface area contributed by atoms with Crippen molar-refractivity contribution in [2.24, 2.45) is 0 Å². The number of hydrogen-bond acceptors (Lipinski definition) is 5. The lowest BCUT2D eigenvalue weighted by Gasteiger charge is -2.27. The third kappa shape index (κ3) is 32.7. The van der Waals surface area contributed by atoms with E-state index in [1.54, 1.807) is 18.2 Å². The number of β-lactam (4-membered cyclic amide) rings is 1. The lowest BCUT2D eigenvalue weighted by molar-refractivity contribution is -0.140. The maximum Gasteiger partial charge on any atom is 0.339 e. The fourth-order valence-corrected chi connectivity index (χ4v) is 3.47. The van der Waals surface area contributed by atoms with Crippen LogP contribution in [0.1, 0.15) is 119 Å². The summed E-state index contributed by atoms with van der Waals surface area (Å²) in [5.41, 5.74) is 2.85. The van der Waals surface area contributed by atoms with E-state index in [0.717, 1.165) is 36.8 Å². The van der Waals surface area contributed by atoms with Crippen LogP contribution in [0.15, 0.2) is 108 Å². The molecule has 0 aromatic heterocycles. The van der Waals surface area contributed by atoms with Crippen LogP contribution in [0.2, 0.25) is 0 Å². The molecule has 1 aromatic carbocycles. The van der Waals surface area contributed by atoms with E-state index in [1.165, 1.54) is 18.3 Å². The van der Waals surface area contributed by atoms with E-state index < -0.39 is 5.83 Å². The van der Waals surface area contributed by atoms with E-state index in [4.69, 9.17) is 9.47 Å². The van der Waals surface area contributed by atoms with Crippen molar-refractivity contribution in [1.29, 1.82) is 0 Å². The zero-order chi connectivity index (χ0) is 40.0. The van der Waals surface area contributed by atoms with Gasteiger partial charge in [-0.25, -0.2) is 9.18 Å². The molecule has 2 aliphatic rings. The van der Waals surface area contributed by atoms with Crippen molar-refractivity contribution in [3.8, 4) is 18.6 Å². The lowest BCUT2D eigenvalue weighted by Crippen LogP contribution is -2.41. The van der Waals surface area contributed by atoms with E-state index in [0.29, 0.717) is 37.2 Å². The molecule has 1 fully saturated rings. The molecule has 1 heterocycles. The molecule has 1 saturated heterocycles. The highest BCUT2D eigenvalue weighted by atomic mass is 31.0. The molecular formula is C43H65FNO5P. The Balaban J connectivity index is -0.000000321. The molecular weight excluding hydrogens is 660 g/mol. The molecule has 1 aliphatic carbocycles. The second-order valence-corrected chi connectivity index (χ2v) is 10.9. The maximum atomic E-state index is 12.2. The zero-order valence-electron chi connectivity index (χ0n) is 32.7. The monoisotopic (exact) mass is 725 g/mol. The maximum absolute atomic E-state index is 12.2. The number of hydrogen-bond donors (Lipinski definition) is 1. The molecule has 284 valence electrons. The molecule has 1 aromatic rings. The molecule has 1 unspecified atom stereocenters. The standard InChI is InChI=1S/C17H17NO3.C12H17FO2.C4H9P.C4H8.2C2H6.C2H2/c19-16-11-15(18-16)12-7-9-14(10-8-12)21-17(20)13-5-3-1-2-4-6-13;1-4-12(7-5-6-10(2)13)8-9-15-11(3)14;1-3-4(2)5;1-3-4-2;3*1-2/h1,3,5,7-10,15H,2,4,6,11H2,(H,18,19);4-6H,2,7-9H2,1,3H3;2-3,5H2,1H3;3-4H,1-2H3;2*1-2H3;1-2H/b;6-5-,12-4+;;4-3-;;;/t15-;;;;;;/m0....../s1. The lowest BCUT2D eigenvalue weighted by atomic mass is 9.97. The Bertz CT molecular complexity index is 1270. The van der Waals surface area contributed by atoms with Crippen LogP contribution in [0, 0.1) is 12.8 Å². The number of carbonyl (C=O) groups is 3. The summed E-state index contributed by atoms with van der Waals surface area (Å²) in [6.07, 6.45) is 28.4. The highest BCUT2D eigenvalue weighted by Crippen LogP contribution is 2.26. The number of terminal acetylenes is 1. The molecule has 1 amide bonds. The number of amides is 1. The molecule has 2 atom stereocenters. The molecule has 0 saturated carbocycles. The number of allylic oxidation sites excluding steroid dienone is 10. The summed E-state index contributed by atoms with van der Waals surface area (Å²) in [6.45, 7) is 24.5. The van der Waals surface area contributed by atoms with Gasteiger partial charge in [0.2, 0.25) is 5.91 Å². The van der Waals surface area contributed by atoms with Gasteiger partial charge in [-0.05, 0) is 76.6 Å². The summed E-state index contributed by atoms with van der Waals surface area (Å²) in [5, 5.41) is 3.99. The number of rotatable bonds is 10. The first kappa shape index (κ1) is 53.5. The van der Waals surface area contributed by atoms with Crippen molar-refractivity contribution < 1.29 is 28.2 Å². The Morgan fingerprint density at radius 3 is 2.04 bits per heavy atom. The van der Waals surface area contributed by atoms with E-state index >= 15 is 0 Å². The van der Waals surface area contributed by atoms with Crippen molar-refractivity contribution in [2.75, 3.05) is 6.61 Å². The molecule has 0 radical (unpaired) electrons. The van der Waals surface area contributed by atoms with Crippen molar-refractivity contribution >= 4 is 27.1 Å². The quantitative estimate of drug-likeness (QED) is 0.0494. The van der Waals surface area contributed by atoms with Crippen molar-refractivity contribution in [3.05, 3.63) is 114 Å². The van der Waals surface area contributed by atoms with Crippen LogP contribution in [0.5, 0.6) is 5.75 Å². The van der Waals surface area contributed by atoms with Gasteiger partial charge >= 0.3 is 11.9 Å². The first-order valence-corrected chi connectivity index (χ1v) is 18.1. The molecule has 0 bridgehead atoms. The summed E-state index contributed by atoms with van der Waals surface area (Å²) in [7, 11) is 2.54. The predicted molar refractivity (Wildman–Crippen MR) is 220 cm³/mol. The van der Waals surface area contributed by atoms with E-state index in [-0.39, 0.29) is 23.9 Å². The van der Waals surface area contributed by atoms with Gasteiger partial charge in [0.25, 0.3) is 0 Å². The van der Waals surface area contributed by atoms with Crippen LogP contribution < -0.4 is 10.1 Å². The van der Waals surface area contributed by atoms with Crippen molar-refractivity contribution in [3.63, 3.8) is 0 Å². The molecule has 1 aliphatic heterocycles. The minimum Gasteiger partial charge on any atom is -0.466 e. The Morgan fingerprint density at radius 1 is 1.06 bits per heavy atom. The average molecular weight is 726 g/mol. The number of esters is 2. The number of benzene rings is 1. The fraction of sp³-hybridized carbons (Fsp3) is 0.419.